The molecule has 4 nitrogen and oxygen atoms in total. The molecule has 84 valence electrons. The molecule has 0 aromatic rings. The predicted molar refractivity (Wildman–Crippen MR) is 55.2 cm³/mol. The summed E-state index contributed by atoms with van der Waals surface area (Å²) in [6.07, 6.45) is 0.401. The fraction of sp³-hybridized carbons (Fsp3) is 0.900. The van der Waals surface area contributed by atoms with Crippen LogP contribution < -0.4 is 5.32 Å². The molecular formula is C10H21NO3. The second kappa shape index (κ2) is 6.79. The molecule has 0 unspecified atom stereocenters. The van der Waals surface area contributed by atoms with Gasteiger partial charge in [-0.25, -0.2) is 0 Å². The third-order valence-corrected chi connectivity index (χ3v) is 1.82. The maximum atomic E-state index is 10.8. The average Bonchev–Trinajstić information content (AvgIpc) is 2.12. The summed E-state index contributed by atoms with van der Waals surface area (Å²) in [5, 5.41) is 3.15. The van der Waals surface area contributed by atoms with Gasteiger partial charge in [0, 0.05) is 19.7 Å². The number of methoxy groups -OCH3 is 1. The zero-order valence-electron chi connectivity index (χ0n) is 9.55. The van der Waals surface area contributed by atoms with Crippen LogP contribution in [0, 0.1) is 0 Å². The highest BCUT2D eigenvalue weighted by Gasteiger charge is 2.16. The van der Waals surface area contributed by atoms with Gasteiger partial charge in [-0.2, -0.15) is 0 Å². The largest absolute Gasteiger partial charge is 0.469 e. The Bertz CT molecular complexity index is 169. The van der Waals surface area contributed by atoms with E-state index in [1.807, 2.05) is 20.8 Å². The number of esters is 1. The molecule has 0 saturated heterocycles. The van der Waals surface area contributed by atoms with Crippen LogP contribution in [0.3, 0.4) is 0 Å². The van der Waals surface area contributed by atoms with E-state index in [-0.39, 0.29) is 11.6 Å². The quantitative estimate of drug-likeness (QED) is 0.494. The summed E-state index contributed by atoms with van der Waals surface area (Å²) < 4.78 is 10.0. The molecule has 0 spiro atoms. The zero-order chi connectivity index (χ0) is 11.0. The van der Waals surface area contributed by atoms with Crippen molar-refractivity contribution in [1.82, 2.24) is 5.32 Å². The van der Waals surface area contributed by atoms with Gasteiger partial charge >= 0.3 is 5.97 Å². The Balaban J connectivity index is 3.48. The fourth-order valence-electron chi connectivity index (χ4n) is 1.12. The van der Waals surface area contributed by atoms with E-state index in [0.717, 1.165) is 6.54 Å². The van der Waals surface area contributed by atoms with Crippen molar-refractivity contribution in [3.63, 3.8) is 0 Å². The molecule has 4 heteroatoms. The molecule has 0 aromatic heterocycles. The van der Waals surface area contributed by atoms with Gasteiger partial charge in [-0.1, -0.05) is 0 Å². The number of carbonyl (C=O) groups excluding carboxylic acids is 1. The predicted octanol–water partition coefficient (Wildman–Crippen LogP) is 0.954. The number of hydrogen-bond acceptors (Lipinski definition) is 4. The first kappa shape index (κ1) is 13.4. The van der Waals surface area contributed by atoms with Gasteiger partial charge in [0.25, 0.3) is 0 Å². The van der Waals surface area contributed by atoms with E-state index in [1.165, 1.54) is 7.11 Å². The summed E-state index contributed by atoms with van der Waals surface area (Å²) in [6, 6.07) is 0. The Labute approximate surface area is 86.0 Å². The Morgan fingerprint density at radius 1 is 1.43 bits per heavy atom. The molecule has 0 atom stereocenters. The van der Waals surface area contributed by atoms with Crippen LogP contribution in [-0.4, -0.2) is 38.4 Å². The number of hydrogen-bond donors (Lipinski definition) is 1. The standard InChI is InChI=1S/C10H21NO3/c1-5-14-10(2,3)8-11-7-6-9(12)13-4/h11H,5-8H2,1-4H3. The van der Waals surface area contributed by atoms with E-state index in [4.69, 9.17) is 4.74 Å². The zero-order valence-corrected chi connectivity index (χ0v) is 9.55. The second-order valence-corrected chi connectivity index (χ2v) is 3.70. The summed E-state index contributed by atoms with van der Waals surface area (Å²) >= 11 is 0. The SMILES string of the molecule is CCOC(C)(C)CNCCC(=O)OC. The molecule has 0 fully saturated rings. The lowest BCUT2D eigenvalue weighted by atomic mass is 10.1. The van der Waals surface area contributed by atoms with Crippen molar-refractivity contribution in [3.05, 3.63) is 0 Å². The molecular weight excluding hydrogens is 182 g/mol. The van der Waals surface area contributed by atoms with E-state index >= 15 is 0 Å². The van der Waals surface area contributed by atoms with Crippen molar-refractivity contribution in [2.75, 3.05) is 26.8 Å². The number of nitrogens with one attached hydrogen (secondary N) is 1. The van der Waals surface area contributed by atoms with Gasteiger partial charge in [-0.15, -0.1) is 0 Å². The molecule has 0 aliphatic carbocycles. The van der Waals surface area contributed by atoms with Crippen LogP contribution in [0.2, 0.25) is 0 Å². The van der Waals surface area contributed by atoms with E-state index < -0.39 is 0 Å². The first-order valence-corrected chi connectivity index (χ1v) is 4.93. The first-order valence-electron chi connectivity index (χ1n) is 4.93. The molecule has 14 heavy (non-hydrogen) atoms. The van der Waals surface area contributed by atoms with Gasteiger partial charge in [-0.05, 0) is 20.8 Å². The summed E-state index contributed by atoms with van der Waals surface area (Å²) in [6.45, 7) is 8.06. The molecule has 0 heterocycles. The van der Waals surface area contributed by atoms with Crippen LogP contribution in [-0.2, 0) is 14.3 Å². The lowest BCUT2D eigenvalue weighted by Gasteiger charge is -2.24. The molecule has 0 aliphatic heterocycles. The topological polar surface area (TPSA) is 47.6 Å². The van der Waals surface area contributed by atoms with Crippen molar-refractivity contribution in [2.45, 2.75) is 32.8 Å². The number of ether oxygens (including phenoxy) is 2. The van der Waals surface area contributed by atoms with Crippen LogP contribution in [0.1, 0.15) is 27.2 Å². The molecule has 0 saturated carbocycles. The van der Waals surface area contributed by atoms with Gasteiger partial charge in [0.1, 0.15) is 0 Å². The third-order valence-electron chi connectivity index (χ3n) is 1.82. The number of carbonyl (C=O) groups is 1. The fourth-order valence-corrected chi connectivity index (χ4v) is 1.12. The van der Waals surface area contributed by atoms with Crippen LogP contribution in [0.25, 0.3) is 0 Å². The minimum Gasteiger partial charge on any atom is -0.469 e. The van der Waals surface area contributed by atoms with Gasteiger partial charge in [0.2, 0.25) is 0 Å². The summed E-state index contributed by atoms with van der Waals surface area (Å²) in [7, 11) is 1.40. The van der Waals surface area contributed by atoms with Crippen LogP contribution in [0.15, 0.2) is 0 Å². The molecule has 0 amide bonds. The minimum atomic E-state index is -0.188. The smallest absolute Gasteiger partial charge is 0.306 e. The Morgan fingerprint density at radius 3 is 2.57 bits per heavy atom. The van der Waals surface area contributed by atoms with Crippen molar-refractivity contribution in [1.29, 1.82) is 0 Å². The van der Waals surface area contributed by atoms with Crippen LogP contribution in [0.5, 0.6) is 0 Å². The molecule has 0 aliphatic rings. The highest BCUT2D eigenvalue weighted by molar-refractivity contribution is 5.69. The lowest BCUT2D eigenvalue weighted by molar-refractivity contribution is -0.140. The Kier molecular flexibility index (Phi) is 6.49. The van der Waals surface area contributed by atoms with Crippen LogP contribution in [0.4, 0.5) is 0 Å². The highest BCUT2D eigenvalue weighted by Crippen LogP contribution is 2.06. The normalized spacial score (nSPS) is 11.4. The highest BCUT2D eigenvalue weighted by atomic mass is 16.5. The Hall–Kier alpha value is -0.610. The van der Waals surface area contributed by atoms with Gasteiger partial charge in [0.15, 0.2) is 0 Å². The van der Waals surface area contributed by atoms with Gasteiger partial charge < -0.3 is 14.8 Å². The molecule has 1 N–H and O–H groups in total. The lowest BCUT2D eigenvalue weighted by Crippen LogP contribution is -2.38. The van der Waals surface area contributed by atoms with E-state index in [1.54, 1.807) is 0 Å². The molecule has 0 radical (unpaired) electrons. The molecule has 0 rings (SSSR count). The van der Waals surface area contributed by atoms with Gasteiger partial charge in [0.05, 0.1) is 19.1 Å². The monoisotopic (exact) mass is 203 g/mol. The van der Waals surface area contributed by atoms with Crippen molar-refractivity contribution in [3.8, 4) is 0 Å². The van der Waals surface area contributed by atoms with E-state index in [9.17, 15) is 4.79 Å². The van der Waals surface area contributed by atoms with Crippen molar-refractivity contribution in [2.24, 2.45) is 0 Å². The average molecular weight is 203 g/mol. The number of rotatable bonds is 7. The van der Waals surface area contributed by atoms with Crippen molar-refractivity contribution < 1.29 is 14.3 Å². The molecule has 0 bridgehead atoms. The maximum Gasteiger partial charge on any atom is 0.306 e. The van der Waals surface area contributed by atoms with E-state index in [2.05, 4.69) is 10.1 Å². The van der Waals surface area contributed by atoms with Gasteiger partial charge in [-0.3, -0.25) is 4.79 Å². The summed E-state index contributed by atoms with van der Waals surface area (Å²) in [5.41, 5.74) is -0.176. The van der Waals surface area contributed by atoms with Crippen molar-refractivity contribution >= 4 is 5.97 Å². The molecule has 0 aromatic carbocycles. The van der Waals surface area contributed by atoms with Crippen LogP contribution >= 0.6 is 0 Å². The summed E-state index contributed by atoms with van der Waals surface area (Å²) in [5.74, 6) is -0.188. The Morgan fingerprint density at radius 2 is 2.07 bits per heavy atom. The second-order valence-electron chi connectivity index (χ2n) is 3.70. The first-order chi connectivity index (χ1) is 6.52. The summed E-state index contributed by atoms with van der Waals surface area (Å²) in [4.78, 5) is 10.8. The third kappa shape index (κ3) is 6.86. The van der Waals surface area contributed by atoms with E-state index in [0.29, 0.717) is 19.6 Å². The maximum absolute atomic E-state index is 10.8. The minimum absolute atomic E-state index is 0.176.